The van der Waals surface area contributed by atoms with Crippen LogP contribution in [0.1, 0.15) is 20.8 Å². The molecule has 0 saturated carbocycles. The van der Waals surface area contributed by atoms with Crippen molar-refractivity contribution in [3.05, 3.63) is 29.6 Å². The monoisotopic (exact) mass is 227 g/mol. The molecule has 0 amide bonds. The van der Waals surface area contributed by atoms with Crippen molar-refractivity contribution in [2.45, 2.75) is 0 Å². The van der Waals surface area contributed by atoms with E-state index in [4.69, 9.17) is 0 Å². The lowest BCUT2D eigenvalue weighted by atomic mass is 10.3. The molecular weight excluding hydrogens is 218 g/mol. The molecule has 0 fully saturated rings. The lowest BCUT2D eigenvalue weighted by Crippen LogP contribution is -1.99. The van der Waals surface area contributed by atoms with E-state index in [-0.39, 0.29) is 10.2 Å². The van der Waals surface area contributed by atoms with E-state index < -0.39 is 0 Å². The van der Waals surface area contributed by atoms with Crippen molar-refractivity contribution in [1.29, 1.82) is 0 Å². The summed E-state index contributed by atoms with van der Waals surface area (Å²) >= 11 is 2.24. The summed E-state index contributed by atoms with van der Waals surface area (Å²) < 4.78 is 0. The van der Waals surface area contributed by atoms with E-state index in [1.807, 2.05) is 0 Å². The Morgan fingerprint density at radius 1 is 1.14 bits per heavy atom. The van der Waals surface area contributed by atoms with E-state index in [1.165, 1.54) is 6.20 Å². The highest BCUT2D eigenvalue weighted by molar-refractivity contribution is 8.13. The Balaban J connectivity index is 2.89. The van der Waals surface area contributed by atoms with Gasteiger partial charge in [0.15, 0.2) is 0 Å². The molecule has 0 saturated heterocycles. The zero-order valence-electron chi connectivity index (χ0n) is 7.81. The van der Waals surface area contributed by atoms with Crippen molar-refractivity contribution in [2.75, 3.05) is 12.5 Å². The molecular formula is C9H9NO2S2. The van der Waals surface area contributed by atoms with Gasteiger partial charge in [0, 0.05) is 11.8 Å². The SMILES string of the molecule is CSC(=O)c1ccc(C(=O)SC)nc1. The number of aromatic nitrogens is 1. The Hall–Kier alpha value is -0.810. The number of carbonyl (C=O) groups is 2. The number of thioether (sulfide) groups is 2. The van der Waals surface area contributed by atoms with Gasteiger partial charge in [0.25, 0.3) is 0 Å². The van der Waals surface area contributed by atoms with Crippen molar-refractivity contribution in [3.63, 3.8) is 0 Å². The van der Waals surface area contributed by atoms with Gasteiger partial charge in [-0.1, -0.05) is 23.5 Å². The second-order valence-electron chi connectivity index (χ2n) is 2.42. The normalized spacial score (nSPS) is 9.86. The molecule has 5 heteroatoms. The van der Waals surface area contributed by atoms with Crippen LogP contribution in [-0.2, 0) is 0 Å². The van der Waals surface area contributed by atoms with Crippen LogP contribution in [-0.4, -0.2) is 27.7 Å². The summed E-state index contributed by atoms with van der Waals surface area (Å²) in [5.74, 6) is 0. The van der Waals surface area contributed by atoms with Gasteiger partial charge in [0.1, 0.15) is 5.69 Å². The zero-order chi connectivity index (χ0) is 10.6. The first kappa shape index (κ1) is 11.3. The van der Waals surface area contributed by atoms with Crippen LogP contribution in [0, 0.1) is 0 Å². The largest absolute Gasteiger partial charge is 0.282 e. The lowest BCUT2D eigenvalue weighted by Gasteiger charge is -1.98. The molecule has 0 unspecified atom stereocenters. The topological polar surface area (TPSA) is 47.0 Å². The highest BCUT2D eigenvalue weighted by Crippen LogP contribution is 2.11. The molecule has 0 atom stereocenters. The van der Waals surface area contributed by atoms with Crippen LogP contribution in [0.5, 0.6) is 0 Å². The van der Waals surface area contributed by atoms with Crippen LogP contribution in [0.2, 0.25) is 0 Å². The Labute approximate surface area is 90.7 Å². The van der Waals surface area contributed by atoms with Gasteiger partial charge in [0.05, 0.1) is 0 Å². The Bertz CT molecular complexity index is 313. The van der Waals surface area contributed by atoms with Gasteiger partial charge in [0.2, 0.25) is 10.2 Å². The summed E-state index contributed by atoms with van der Waals surface area (Å²) in [6, 6.07) is 3.19. The molecule has 1 aromatic rings. The zero-order valence-corrected chi connectivity index (χ0v) is 9.45. The Kier molecular flexibility index (Phi) is 4.16. The fourth-order valence-electron chi connectivity index (χ4n) is 0.858. The van der Waals surface area contributed by atoms with Crippen molar-refractivity contribution in [1.82, 2.24) is 4.98 Å². The average Bonchev–Trinajstić information content (AvgIpc) is 2.27. The predicted molar refractivity (Wildman–Crippen MR) is 59.9 cm³/mol. The van der Waals surface area contributed by atoms with Gasteiger partial charge in [-0.25, -0.2) is 0 Å². The quantitative estimate of drug-likeness (QED) is 0.774. The molecule has 0 aliphatic carbocycles. The lowest BCUT2D eigenvalue weighted by molar-refractivity contribution is 0.107. The van der Waals surface area contributed by atoms with Crippen molar-refractivity contribution < 1.29 is 9.59 Å². The first-order valence-electron chi connectivity index (χ1n) is 3.81. The molecule has 0 aliphatic rings. The average molecular weight is 227 g/mol. The number of nitrogens with zero attached hydrogens (tertiary/aromatic N) is 1. The number of pyridine rings is 1. The second-order valence-corrected chi connectivity index (χ2v) is 3.97. The third-order valence-electron chi connectivity index (χ3n) is 1.58. The Morgan fingerprint density at radius 3 is 2.21 bits per heavy atom. The first-order chi connectivity index (χ1) is 6.69. The minimum Gasteiger partial charge on any atom is -0.282 e. The first-order valence-corrected chi connectivity index (χ1v) is 6.26. The van der Waals surface area contributed by atoms with Gasteiger partial charge >= 0.3 is 0 Å². The summed E-state index contributed by atoms with van der Waals surface area (Å²) in [7, 11) is 0. The fourth-order valence-corrected chi connectivity index (χ4v) is 1.54. The molecule has 1 heterocycles. The number of rotatable bonds is 2. The van der Waals surface area contributed by atoms with Gasteiger partial charge in [-0.15, -0.1) is 0 Å². The molecule has 1 rings (SSSR count). The molecule has 3 nitrogen and oxygen atoms in total. The van der Waals surface area contributed by atoms with E-state index in [1.54, 1.807) is 24.6 Å². The maximum atomic E-state index is 11.2. The van der Waals surface area contributed by atoms with Crippen molar-refractivity contribution in [2.24, 2.45) is 0 Å². The molecule has 0 aromatic carbocycles. The third kappa shape index (κ3) is 2.59. The summed E-state index contributed by atoms with van der Waals surface area (Å²) in [4.78, 5) is 26.3. The summed E-state index contributed by atoms with van der Waals surface area (Å²) in [5, 5.41) is -0.131. The summed E-state index contributed by atoms with van der Waals surface area (Å²) in [6.45, 7) is 0. The number of hydrogen-bond donors (Lipinski definition) is 0. The van der Waals surface area contributed by atoms with Gasteiger partial charge < -0.3 is 0 Å². The van der Waals surface area contributed by atoms with Gasteiger partial charge in [-0.3, -0.25) is 14.6 Å². The highest BCUT2D eigenvalue weighted by Gasteiger charge is 2.08. The van der Waals surface area contributed by atoms with Gasteiger partial charge in [-0.05, 0) is 24.6 Å². The molecule has 0 N–H and O–H groups in total. The minimum absolute atomic E-state index is 0.0411. The molecule has 0 radical (unpaired) electrons. The number of carbonyl (C=O) groups excluding carboxylic acids is 2. The van der Waals surface area contributed by atoms with Crippen molar-refractivity contribution in [3.8, 4) is 0 Å². The highest BCUT2D eigenvalue weighted by atomic mass is 32.2. The van der Waals surface area contributed by atoms with Crippen LogP contribution in [0.3, 0.4) is 0 Å². The second kappa shape index (κ2) is 5.17. The van der Waals surface area contributed by atoms with E-state index in [9.17, 15) is 9.59 Å². The standard InChI is InChI=1S/C9H9NO2S2/c1-13-8(11)6-3-4-7(10-5-6)9(12)14-2/h3-5H,1-2H3. The van der Waals surface area contributed by atoms with E-state index in [0.717, 1.165) is 23.5 Å². The maximum Gasteiger partial charge on any atom is 0.237 e. The smallest absolute Gasteiger partial charge is 0.237 e. The summed E-state index contributed by atoms with van der Waals surface area (Å²) in [5.41, 5.74) is 0.908. The fraction of sp³-hybridized carbons (Fsp3) is 0.222. The molecule has 0 bridgehead atoms. The van der Waals surface area contributed by atoms with E-state index in [2.05, 4.69) is 4.98 Å². The molecule has 0 aliphatic heterocycles. The molecule has 0 spiro atoms. The molecule has 74 valence electrons. The van der Waals surface area contributed by atoms with Crippen LogP contribution in [0.15, 0.2) is 18.3 Å². The third-order valence-corrected chi connectivity index (χ3v) is 2.77. The molecule has 1 aromatic heterocycles. The van der Waals surface area contributed by atoms with Crippen LogP contribution in [0.25, 0.3) is 0 Å². The number of hydrogen-bond acceptors (Lipinski definition) is 5. The van der Waals surface area contributed by atoms with Crippen LogP contribution in [0.4, 0.5) is 0 Å². The van der Waals surface area contributed by atoms with E-state index >= 15 is 0 Å². The van der Waals surface area contributed by atoms with Crippen LogP contribution < -0.4 is 0 Å². The Morgan fingerprint density at radius 2 is 1.79 bits per heavy atom. The minimum atomic E-state index is -0.0897. The van der Waals surface area contributed by atoms with E-state index in [0.29, 0.717) is 11.3 Å². The van der Waals surface area contributed by atoms with Crippen molar-refractivity contribution >= 4 is 33.8 Å². The summed E-state index contributed by atoms with van der Waals surface area (Å²) in [6.07, 6.45) is 4.84. The maximum absolute atomic E-state index is 11.2. The van der Waals surface area contributed by atoms with Gasteiger partial charge in [-0.2, -0.15) is 0 Å². The predicted octanol–water partition coefficient (Wildman–Crippen LogP) is 2.09. The molecule has 14 heavy (non-hydrogen) atoms. The van der Waals surface area contributed by atoms with Crippen LogP contribution >= 0.6 is 23.5 Å².